The first kappa shape index (κ1) is 16.5. The lowest BCUT2D eigenvalue weighted by Crippen LogP contribution is -2.42. The van der Waals surface area contributed by atoms with E-state index in [2.05, 4.69) is 5.32 Å². The maximum absolute atomic E-state index is 12.1. The van der Waals surface area contributed by atoms with Crippen molar-refractivity contribution in [3.05, 3.63) is 70.2 Å². The molecular weight excluding hydrogens is 316 g/mol. The van der Waals surface area contributed by atoms with E-state index in [0.29, 0.717) is 21.7 Å². The third kappa shape index (κ3) is 4.31. The fraction of sp³-hybridized carbons (Fsp3) is 0.118. The third-order valence-electron chi connectivity index (χ3n) is 3.27. The Bertz CT molecular complexity index is 766. The SMILES string of the molecule is N#Cc1ccccc1C[C@@H](NC(=O)c1ccc(Cl)cc1)C(=O)O. The maximum Gasteiger partial charge on any atom is 0.326 e. The van der Waals surface area contributed by atoms with E-state index in [-0.39, 0.29) is 6.42 Å². The molecule has 6 heteroatoms. The summed E-state index contributed by atoms with van der Waals surface area (Å²) in [5.41, 5.74) is 1.27. The normalized spacial score (nSPS) is 11.3. The van der Waals surface area contributed by atoms with Gasteiger partial charge in [0.05, 0.1) is 11.6 Å². The molecule has 0 bridgehead atoms. The molecule has 2 N–H and O–H groups in total. The molecule has 1 amide bonds. The highest BCUT2D eigenvalue weighted by atomic mass is 35.5. The average Bonchev–Trinajstić information content (AvgIpc) is 2.55. The van der Waals surface area contributed by atoms with Crippen LogP contribution < -0.4 is 5.32 Å². The Kier molecular flexibility index (Phi) is 5.34. The van der Waals surface area contributed by atoms with Crippen LogP contribution in [0.5, 0.6) is 0 Å². The Balaban J connectivity index is 2.16. The number of benzene rings is 2. The minimum atomic E-state index is -1.17. The number of rotatable bonds is 5. The summed E-state index contributed by atoms with van der Waals surface area (Å²) in [6.07, 6.45) is 0.0262. The van der Waals surface area contributed by atoms with Crippen molar-refractivity contribution in [2.75, 3.05) is 0 Å². The van der Waals surface area contributed by atoms with Crippen LogP contribution in [0.15, 0.2) is 48.5 Å². The number of carboxylic acid groups (broad SMARTS) is 1. The van der Waals surface area contributed by atoms with Gasteiger partial charge in [-0.2, -0.15) is 5.26 Å². The van der Waals surface area contributed by atoms with Gasteiger partial charge in [0.1, 0.15) is 6.04 Å². The molecule has 0 radical (unpaired) electrons. The van der Waals surface area contributed by atoms with Gasteiger partial charge in [0.25, 0.3) is 5.91 Å². The molecule has 0 fully saturated rings. The first-order chi connectivity index (χ1) is 11.0. The first-order valence-electron chi connectivity index (χ1n) is 6.78. The van der Waals surface area contributed by atoms with Gasteiger partial charge in [0.2, 0.25) is 0 Å². The largest absolute Gasteiger partial charge is 0.480 e. The molecule has 0 aromatic heterocycles. The fourth-order valence-electron chi connectivity index (χ4n) is 2.07. The molecular formula is C17H13ClN2O3. The van der Waals surface area contributed by atoms with E-state index >= 15 is 0 Å². The number of carbonyl (C=O) groups excluding carboxylic acids is 1. The number of nitriles is 1. The van der Waals surface area contributed by atoms with Crippen molar-refractivity contribution in [3.63, 3.8) is 0 Å². The molecule has 2 aromatic rings. The summed E-state index contributed by atoms with van der Waals surface area (Å²) in [7, 11) is 0. The molecule has 0 unspecified atom stereocenters. The van der Waals surface area contributed by atoms with Gasteiger partial charge in [0.15, 0.2) is 0 Å². The van der Waals surface area contributed by atoms with Crippen molar-refractivity contribution in [2.24, 2.45) is 0 Å². The Hall–Kier alpha value is -2.84. The summed E-state index contributed by atoms with van der Waals surface area (Å²) in [5, 5.41) is 21.3. The van der Waals surface area contributed by atoms with Gasteiger partial charge in [0, 0.05) is 17.0 Å². The zero-order valence-electron chi connectivity index (χ0n) is 12.0. The lowest BCUT2D eigenvalue weighted by molar-refractivity contribution is -0.139. The van der Waals surface area contributed by atoms with Gasteiger partial charge in [-0.15, -0.1) is 0 Å². The summed E-state index contributed by atoms with van der Waals surface area (Å²) < 4.78 is 0. The minimum absolute atomic E-state index is 0.0262. The van der Waals surface area contributed by atoms with Crippen LogP contribution in [-0.2, 0) is 11.2 Å². The topological polar surface area (TPSA) is 90.2 Å². The molecule has 1 atom stereocenters. The molecule has 5 nitrogen and oxygen atoms in total. The Morgan fingerprint density at radius 1 is 1.17 bits per heavy atom. The number of aliphatic carboxylic acids is 1. The van der Waals surface area contributed by atoms with Gasteiger partial charge in [-0.3, -0.25) is 4.79 Å². The van der Waals surface area contributed by atoms with Crippen molar-refractivity contribution >= 4 is 23.5 Å². The Morgan fingerprint density at radius 2 is 1.83 bits per heavy atom. The second kappa shape index (κ2) is 7.43. The average molecular weight is 329 g/mol. The summed E-state index contributed by atoms with van der Waals surface area (Å²) in [6.45, 7) is 0. The monoisotopic (exact) mass is 328 g/mol. The molecule has 0 aliphatic rings. The van der Waals surface area contributed by atoms with Gasteiger partial charge in [-0.05, 0) is 35.9 Å². The summed E-state index contributed by atoms with van der Waals surface area (Å²) in [4.78, 5) is 23.5. The summed E-state index contributed by atoms with van der Waals surface area (Å²) in [5.74, 6) is -1.68. The fourth-order valence-corrected chi connectivity index (χ4v) is 2.20. The summed E-state index contributed by atoms with van der Waals surface area (Å²) in [6, 6.07) is 13.7. The van der Waals surface area contributed by atoms with E-state index in [9.17, 15) is 14.7 Å². The molecule has 0 heterocycles. The second-order valence-electron chi connectivity index (χ2n) is 4.84. The van der Waals surface area contributed by atoms with Gasteiger partial charge in [-0.25, -0.2) is 4.79 Å². The van der Waals surface area contributed by atoms with Crippen molar-refractivity contribution in [3.8, 4) is 6.07 Å². The van der Waals surface area contributed by atoms with Crippen LogP contribution >= 0.6 is 11.6 Å². The third-order valence-corrected chi connectivity index (χ3v) is 3.52. The number of carboxylic acids is 1. The number of carbonyl (C=O) groups is 2. The molecule has 0 saturated heterocycles. The Morgan fingerprint density at radius 3 is 2.43 bits per heavy atom. The van der Waals surface area contributed by atoms with Crippen LogP contribution in [0, 0.1) is 11.3 Å². The van der Waals surface area contributed by atoms with Gasteiger partial charge >= 0.3 is 5.97 Å². The number of hydrogen-bond acceptors (Lipinski definition) is 3. The highest BCUT2D eigenvalue weighted by molar-refractivity contribution is 6.30. The number of hydrogen-bond donors (Lipinski definition) is 2. The molecule has 23 heavy (non-hydrogen) atoms. The van der Waals surface area contributed by atoms with E-state index in [1.54, 1.807) is 36.4 Å². The van der Waals surface area contributed by atoms with Gasteiger partial charge in [-0.1, -0.05) is 29.8 Å². The predicted octanol–water partition coefficient (Wildman–Crippen LogP) is 2.64. The van der Waals surface area contributed by atoms with E-state index in [4.69, 9.17) is 16.9 Å². The molecule has 2 aromatic carbocycles. The maximum atomic E-state index is 12.1. The zero-order chi connectivity index (χ0) is 16.8. The van der Waals surface area contributed by atoms with Crippen molar-refractivity contribution < 1.29 is 14.7 Å². The lowest BCUT2D eigenvalue weighted by Gasteiger charge is -2.15. The molecule has 116 valence electrons. The second-order valence-corrected chi connectivity index (χ2v) is 5.28. The van der Waals surface area contributed by atoms with Crippen molar-refractivity contribution in [2.45, 2.75) is 12.5 Å². The van der Waals surface area contributed by atoms with Crippen LogP contribution in [0.1, 0.15) is 21.5 Å². The van der Waals surface area contributed by atoms with Crippen LogP contribution in [0.2, 0.25) is 5.02 Å². The van der Waals surface area contributed by atoms with E-state index in [1.807, 2.05) is 6.07 Å². The van der Waals surface area contributed by atoms with Gasteiger partial charge < -0.3 is 10.4 Å². The highest BCUT2D eigenvalue weighted by Crippen LogP contribution is 2.12. The number of halogens is 1. The van der Waals surface area contributed by atoms with Crippen molar-refractivity contribution in [1.82, 2.24) is 5.32 Å². The van der Waals surface area contributed by atoms with Crippen LogP contribution in [0.4, 0.5) is 0 Å². The Labute approximate surface area is 138 Å². The summed E-state index contributed by atoms with van der Waals surface area (Å²) >= 11 is 5.76. The van der Waals surface area contributed by atoms with E-state index < -0.39 is 17.9 Å². The van der Waals surface area contributed by atoms with E-state index in [0.717, 1.165) is 0 Å². The standard InChI is InChI=1S/C17H13ClN2O3/c18-14-7-5-11(6-8-14)16(21)20-15(17(22)23)9-12-3-1-2-4-13(12)10-19/h1-8,15H,9H2,(H,20,21)(H,22,23)/t15-/m1/s1. The minimum Gasteiger partial charge on any atom is -0.480 e. The smallest absolute Gasteiger partial charge is 0.326 e. The number of nitrogens with one attached hydrogen (secondary N) is 1. The molecule has 0 saturated carbocycles. The first-order valence-corrected chi connectivity index (χ1v) is 7.16. The zero-order valence-corrected chi connectivity index (χ0v) is 12.7. The number of nitrogens with zero attached hydrogens (tertiary/aromatic N) is 1. The highest BCUT2D eigenvalue weighted by Gasteiger charge is 2.22. The van der Waals surface area contributed by atoms with Crippen molar-refractivity contribution in [1.29, 1.82) is 5.26 Å². The van der Waals surface area contributed by atoms with E-state index in [1.165, 1.54) is 12.1 Å². The quantitative estimate of drug-likeness (QED) is 0.882. The molecule has 0 aliphatic heterocycles. The predicted molar refractivity (Wildman–Crippen MR) is 85.2 cm³/mol. The number of amides is 1. The molecule has 0 spiro atoms. The molecule has 0 aliphatic carbocycles. The van der Waals surface area contributed by atoms with Crippen LogP contribution in [0.25, 0.3) is 0 Å². The van der Waals surface area contributed by atoms with Crippen LogP contribution in [-0.4, -0.2) is 23.0 Å². The van der Waals surface area contributed by atoms with Crippen LogP contribution in [0.3, 0.4) is 0 Å². The lowest BCUT2D eigenvalue weighted by atomic mass is 10.0. The molecule has 2 rings (SSSR count).